The SMILES string of the molecule is CC(C)n1cc(C(=O)Nc2ccc(Oc3ccnc(N)c3-c3cnn(C)c3)c(F)c2)c(=O)n(-c2ccc(F)cc2)c1=O. The zero-order valence-corrected chi connectivity index (χ0v) is 22.7. The van der Waals surface area contributed by atoms with E-state index in [0.29, 0.717) is 11.1 Å². The molecule has 0 radical (unpaired) electrons. The number of nitrogens with one attached hydrogen (secondary N) is 1. The number of benzene rings is 2. The van der Waals surface area contributed by atoms with Gasteiger partial charge in [0.15, 0.2) is 11.6 Å². The number of aromatic nitrogens is 5. The molecule has 0 saturated heterocycles. The van der Waals surface area contributed by atoms with Crippen molar-refractivity contribution >= 4 is 17.4 Å². The summed E-state index contributed by atoms with van der Waals surface area (Å²) >= 11 is 0. The molecule has 3 N–H and O–H groups in total. The Hall–Kier alpha value is -5.59. The summed E-state index contributed by atoms with van der Waals surface area (Å²) in [5.74, 6) is -1.99. The molecule has 0 aliphatic carbocycles. The molecule has 214 valence electrons. The fourth-order valence-electron chi connectivity index (χ4n) is 4.28. The van der Waals surface area contributed by atoms with E-state index in [1.54, 1.807) is 38.0 Å². The van der Waals surface area contributed by atoms with Crippen LogP contribution in [0.4, 0.5) is 20.3 Å². The van der Waals surface area contributed by atoms with Crippen LogP contribution in [0.1, 0.15) is 30.2 Å². The number of halogens is 2. The summed E-state index contributed by atoms with van der Waals surface area (Å²) in [5, 5.41) is 6.61. The summed E-state index contributed by atoms with van der Waals surface area (Å²) in [7, 11) is 1.73. The minimum absolute atomic E-state index is 0.0293. The van der Waals surface area contributed by atoms with Crippen molar-refractivity contribution in [3.05, 3.63) is 111 Å². The second kappa shape index (κ2) is 11.1. The third-order valence-corrected chi connectivity index (χ3v) is 6.34. The van der Waals surface area contributed by atoms with Gasteiger partial charge in [-0.25, -0.2) is 23.1 Å². The summed E-state index contributed by atoms with van der Waals surface area (Å²) in [6.07, 6.45) is 5.85. The molecular weight excluding hydrogens is 548 g/mol. The Labute approximate surface area is 237 Å². The molecule has 0 aliphatic heterocycles. The third kappa shape index (κ3) is 5.39. The third-order valence-electron chi connectivity index (χ3n) is 6.34. The Kier molecular flexibility index (Phi) is 7.40. The molecule has 5 aromatic rings. The van der Waals surface area contributed by atoms with E-state index in [-0.39, 0.29) is 34.3 Å². The van der Waals surface area contributed by atoms with E-state index in [2.05, 4.69) is 15.4 Å². The molecule has 0 bridgehead atoms. The van der Waals surface area contributed by atoms with Crippen LogP contribution < -0.4 is 27.0 Å². The zero-order chi connectivity index (χ0) is 30.1. The lowest BCUT2D eigenvalue weighted by Gasteiger charge is -2.16. The van der Waals surface area contributed by atoms with Gasteiger partial charge in [-0.15, -0.1) is 0 Å². The summed E-state index contributed by atoms with van der Waals surface area (Å²) in [5.41, 5.74) is 5.24. The number of anilines is 2. The predicted octanol–water partition coefficient (Wildman–Crippen LogP) is 4.28. The van der Waals surface area contributed by atoms with E-state index >= 15 is 4.39 Å². The second-order valence-electron chi connectivity index (χ2n) is 9.62. The average molecular weight is 574 g/mol. The smallest absolute Gasteiger partial charge is 0.335 e. The van der Waals surface area contributed by atoms with Gasteiger partial charge in [0.05, 0.1) is 17.4 Å². The maximum absolute atomic E-state index is 15.2. The molecule has 0 aliphatic rings. The Balaban J connectivity index is 1.45. The van der Waals surface area contributed by atoms with Crippen molar-refractivity contribution in [1.29, 1.82) is 0 Å². The number of carbonyl (C=O) groups excluding carboxylic acids is 1. The van der Waals surface area contributed by atoms with Gasteiger partial charge in [-0.2, -0.15) is 5.10 Å². The van der Waals surface area contributed by atoms with E-state index in [1.807, 2.05) is 0 Å². The standard InChI is InChI=1S/C29H25F2N7O4/c1-16(2)37-15-21(28(40)38(29(37)41)20-7-4-18(30)5-8-20)27(39)35-19-6-9-23(22(31)12-19)42-24-10-11-33-26(32)25(24)17-13-34-36(3)14-17/h4-16H,1-3H3,(H2,32,33)(H,35,39). The van der Waals surface area contributed by atoms with Gasteiger partial charge < -0.3 is 15.8 Å². The van der Waals surface area contributed by atoms with Crippen molar-refractivity contribution in [2.24, 2.45) is 7.05 Å². The van der Waals surface area contributed by atoms with E-state index < -0.39 is 34.8 Å². The van der Waals surface area contributed by atoms with Crippen molar-refractivity contribution in [2.75, 3.05) is 11.1 Å². The molecule has 5 rings (SSSR count). The summed E-state index contributed by atoms with van der Waals surface area (Å²) in [4.78, 5) is 43.6. The molecule has 3 heterocycles. The largest absolute Gasteiger partial charge is 0.453 e. The maximum Gasteiger partial charge on any atom is 0.335 e. The molecule has 0 fully saturated rings. The van der Waals surface area contributed by atoms with Crippen LogP contribution in [-0.4, -0.2) is 29.8 Å². The van der Waals surface area contributed by atoms with Gasteiger partial charge in [0, 0.05) is 49.0 Å². The molecule has 1 amide bonds. The molecule has 3 aromatic heterocycles. The average Bonchev–Trinajstić information content (AvgIpc) is 3.36. The van der Waals surface area contributed by atoms with E-state index in [9.17, 15) is 18.8 Å². The number of amides is 1. The monoisotopic (exact) mass is 573 g/mol. The molecule has 0 saturated carbocycles. The number of nitrogen functional groups attached to an aromatic ring is 1. The predicted molar refractivity (Wildman–Crippen MR) is 152 cm³/mol. The normalized spacial score (nSPS) is 11.1. The molecular formula is C29H25F2N7O4. The number of aryl methyl sites for hydroxylation is 1. The van der Waals surface area contributed by atoms with Crippen LogP contribution in [0, 0.1) is 11.6 Å². The van der Waals surface area contributed by atoms with Gasteiger partial charge in [0.2, 0.25) is 0 Å². The number of hydrogen-bond donors (Lipinski definition) is 2. The number of carbonyl (C=O) groups is 1. The summed E-state index contributed by atoms with van der Waals surface area (Å²) < 4.78 is 38.0. The first-order valence-corrected chi connectivity index (χ1v) is 12.7. The van der Waals surface area contributed by atoms with Crippen LogP contribution >= 0.6 is 0 Å². The quantitative estimate of drug-likeness (QED) is 0.296. The van der Waals surface area contributed by atoms with Crippen LogP contribution in [0.25, 0.3) is 16.8 Å². The number of hydrogen-bond acceptors (Lipinski definition) is 7. The summed E-state index contributed by atoms with van der Waals surface area (Å²) in [6.45, 7) is 3.40. The molecule has 0 spiro atoms. The maximum atomic E-state index is 15.2. The van der Waals surface area contributed by atoms with E-state index in [1.165, 1.54) is 41.1 Å². The first-order valence-electron chi connectivity index (χ1n) is 12.7. The molecule has 0 unspecified atom stereocenters. The highest BCUT2D eigenvalue weighted by Crippen LogP contribution is 2.37. The van der Waals surface area contributed by atoms with Crippen LogP contribution in [0.3, 0.4) is 0 Å². The van der Waals surface area contributed by atoms with Crippen LogP contribution in [-0.2, 0) is 7.05 Å². The lowest BCUT2D eigenvalue weighted by molar-refractivity contribution is 0.102. The van der Waals surface area contributed by atoms with Gasteiger partial charge in [0.25, 0.3) is 11.5 Å². The van der Waals surface area contributed by atoms with Crippen molar-refractivity contribution in [1.82, 2.24) is 23.9 Å². The highest BCUT2D eigenvalue weighted by Gasteiger charge is 2.21. The van der Waals surface area contributed by atoms with Gasteiger partial charge >= 0.3 is 5.69 Å². The van der Waals surface area contributed by atoms with Gasteiger partial charge in [-0.05, 0) is 56.3 Å². The zero-order valence-electron chi connectivity index (χ0n) is 22.7. The van der Waals surface area contributed by atoms with Crippen LogP contribution in [0.15, 0.2) is 82.9 Å². The van der Waals surface area contributed by atoms with Crippen LogP contribution in [0.5, 0.6) is 11.5 Å². The molecule has 42 heavy (non-hydrogen) atoms. The molecule has 2 aromatic carbocycles. The van der Waals surface area contributed by atoms with Crippen molar-refractivity contribution in [2.45, 2.75) is 19.9 Å². The fourth-order valence-corrected chi connectivity index (χ4v) is 4.28. The highest BCUT2D eigenvalue weighted by atomic mass is 19.1. The van der Waals surface area contributed by atoms with Gasteiger partial charge in [-0.3, -0.25) is 18.8 Å². The minimum atomic E-state index is -0.917. The molecule has 11 nitrogen and oxygen atoms in total. The lowest BCUT2D eigenvalue weighted by Crippen LogP contribution is -2.42. The first-order chi connectivity index (χ1) is 20.0. The van der Waals surface area contributed by atoms with E-state index in [4.69, 9.17) is 10.5 Å². The van der Waals surface area contributed by atoms with Crippen molar-refractivity contribution in [3.63, 3.8) is 0 Å². The summed E-state index contributed by atoms with van der Waals surface area (Å²) in [6, 6.07) is 9.55. The Bertz CT molecular complexity index is 1930. The minimum Gasteiger partial charge on any atom is -0.453 e. The second-order valence-corrected chi connectivity index (χ2v) is 9.62. The topological polar surface area (TPSA) is 139 Å². The Morgan fingerprint density at radius 3 is 2.40 bits per heavy atom. The fraction of sp³-hybridized carbons (Fsp3) is 0.138. The first kappa shape index (κ1) is 28.0. The Morgan fingerprint density at radius 2 is 1.76 bits per heavy atom. The number of rotatable bonds is 7. The lowest BCUT2D eigenvalue weighted by atomic mass is 10.1. The van der Waals surface area contributed by atoms with Crippen LogP contribution in [0.2, 0.25) is 0 Å². The molecule has 13 heteroatoms. The van der Waals surface area contributed by atoms with Crippen molar-refractivity contribution < 1.29 is 18.3 Å². The number of nitrogens with zero attached hydrogens (tertiary/aromatic N) is 5. The Morgan fingerprint density at radius 1 is 1.02 bits per heavy atom. The highest BCUT2D eigenvalue weighted by molar-refractivity contribution is 6.03. The number of nitrogens with two attached hydrogens (primary N) is 1. The van der Waals surface area contributed by atoms with Gasteiger partial charge in [0.1, 0.15) is 22.9 Å². The number of ether oxygens (including phenoxy) is 1. The van der Waals surface area contributed by atoms with Gasteiger partial charge in [-0.1, -0.05) is 0 Å². The number of pyridine rings is 1. The van der Waals surface area contributed by atoms with E-state index in [0.717, 1.165) is 29.0 Å². The molecule has 0 atom stereocenters. The van der Waals surface area contributed by atoms with Crippen molar-refractivity contribution in [3.8, 4) is 28.3 Å².